The molecule has 0 spiro atoms. The van der Waals surface area contributed by atoms with Crippen molar-refractivity contribution in [3.05, 3.63) is 60.2 Å². The zero-order valence-corrected chi connectivity index (χ0v) is 16.3. The molecule has 28 heavy (non-hydrogen) atoms. The van der Waals surface area contributed by atoms with Gasteiger partial charge in [0.25, 0.3) is 5.91 Å². The van der Waals surface area contributed by atoms with Crippen LogP contribution in [0.2, 0.25) is 0 Å². The molecule has 3 atom stereocenters. The Morgan fingerprint density at radius 2 is 1.71 bits per heavy atom. The summed E-state index contributed by atoms with van der Waals surface area (Å²) in [5.74, 6) is -1.71. The lowest BCUT2D eigenvalue weighted by molar-refractivity contribution is -0.159. The first-order valence-corrected chi connectivity index (χ1v) is 9.87. The van der Waals surface area contributed by atoms with Gasteiger partial charge in [-0.3, -0.25) is 9.59 Å². The number of carbonyl (C=O) groups excluding carboxylic acids is 2. The third-order valence-corrected chi connectivity index (χ3v) is 6.79. The smallest absolute Gasteiger partial charge is 0.327 e. The molecule has 2 fully saturated rings. The van der Waals surface area contributed by atoms with E-state index < -0.39 is 22.8 Å². The Kier molecular flexibility index (Phi) is 4.42. The van der Waals surface area contributed by atoms with E-state index >= 15 is 0 Å². The molecule has 3 unspecified atom stereocenters. The van der Waals surface area contributed by atoms with Crippen molar-refractivity contribution >= 4 is 29.5 Å². The van der Waals surface area contributed by atoms with E-state index in [9.17, 15) is 19.5 Å². The zero-order valence-electron chi connectivity index (χ0n) is 15.5. The number of fused-ring (bicyclic) bond motifs is 1. The summed E-state index contributed by atoms with van der Waals surface area (Å²) in [5.41, 5.74) is 2.18. The number of thioether (sulfide) groups is 1. The van der Waals surface area contributed by atoms with Crippen molar-refractivity contribution in [2.75, 3.05) is 0 Å². The van der Waals surface area contributed by atoms with Crippen LogP contribution in [0, 0.1) is 0 Å². The summed E-state index contributed by atoms with van der Waals surface area (Å²) in [7, 11) is 0. The van der Waals surface area contributed by atoms with Gasteiger partial charge < -0.3 is 15.3 Å². The second kappa shape index (κ2) is 6.67. The third-order valence-electron chi connectivity index (χ3n) is 5.22. The van der Waals surface area contributed by atoms with Gasteiger partial charge in [0.2, 0.25) is 5.91 Å². The van der Waals surface area contributed by atoms with Crippen LogP contribution in [0.15, 0.2) is 54.6 Å². The van der Waals surface area contributed by atoms with Gasteiger partial charge in [0.05, 0.1) is 0 Å². The van der Waals surface area contributed by atoms with E-state index in [0.29, 0.717) is 5.56 Å². The van der Waals surface area contributed by atoms with Crippen LogP contribution in [0.3, 0.4) is 0 Å². The van der Waals surface area contributed by atoms with Crippen LogP contribution in [-0.4, -0.2) is 50.0 Å². The number of carboxylic acids is 1. The minimum Gasteiger partial charge on any atom is -0.480 e. The number of carbonyl (C=O) groups is 3. The van der Waals surface area contributed by atoms with Crippen molar-refractivity contribution in [2.24, 2.45) is 0 Å². The average molecular weight is 396 g/mol. The molecule has 2 aromatic carbocycles. The zero-order chi connectivity index (χ0) is 20.1. The van der Waals surface area contributed by atoms with Crippen molar-refractivity contribution in [2.45, 2.75) is 36.1 Å². The minimum atomic E-state index is -1.02. The molecule has 2 aromatic rings. The molecular formula is C21H20N2O4S. The van der Waals surface area contributed by atoms with Gasteiger partial charge in [-0.2, -0.15) is 0 Å². The summed E-state index contributed by atoms with van der Waals surface area (Å²) in [4.78, 5) is 38.5. The number of hydrogen-bond donors (Lipinski definition) is 2. The number of aliphatic carboxylic acids is 1. The van der Waals surface area contributed by atoms with E-state index in [2.05, 4.69) is 5.32 Å². The van der Waals surface area contributed by atoms with Crippen LogP contribution >= 0.6 is 11.8 Å². The number of β-lactam (4-membered cyclic amide) rings is 1. The van der Waals surface area contributed by atoms with Crippen molar-refractivity contribution in [3.63, 3.8) is 0 Å². The SMILES string of the molecule is CC1(C)SC2C(NC(=O)c3ccccc3-c3ccccc3)C(=O)N2C1C(=O)O. The van der Waals surface area contributed by atoms with Gasteiger partial charge in [0.1, 0.15) is 17.5 Å². The van der Waals surface area contributed by atoms with Gasteiger partial charge in [-0.1, -0.05) is 48.5 Å². The molecular weight excluding hydrogens is 376 g/mol. The van der Waals surface area contributed by atoms with Crippen molar-refractivity contribution in [1.29, 1.82) is 0 Å². The summed E-state index contributed by atoms with van der Waals surface area (Å²) in [6.07, 6.45) is 0. The third kappa shape index (κ3) is 2.86. The van der Waals surface area contributed by atoms with Gasteiger partial charge in [-0.15, -0.1) is 11.8 Å². The number of hydrogen-bond acceptors (Lipinski definition) is 4. The summed E-state index contributed by atoms with van der Waals surface area (Å²) >= 11 is 1.41. The van der Waals surface area contributed by atoms with Crippen LogP contribution < -0.4 is 5.32 Å². The first-order valence-electron chi connectivity index (χ1n) is 8.99. The molecule has 6 nitrogen and oxygen atoms in total. The van der Waals surface area contributed by atoms with E-state index in [1.807, 2.05) is 56.3 Å². The van der Waals surface area contributed by atoms with E-state index in [1.54, 1.807) is 12.1 Å². The highest BCUT2D eigenvalue weighted by molar-refractivity contribution is 8.01. The Morgan fingerprint density at radius 3 is 2.39 bits per heavy atom. The fourth-order valence-corrected chi connectivity index (χ4v) is 5.54. The molecule has 2 aliphatic rings. The van der Waals surface area contributed by atoms with Crippen molar-refractivity contribution in [1.82, 2.24) is 10.2 Å². The fourth-order valence-electron chi connectivity index (χ4n) is 3.91. The standard InChI is InChI=1S/C21H20N2O4S/c1-21(2)16(20(26)27)23-18(25)15(19(23)28-21)22-17(24)14-11-7-6-10-13(14)12-8-4-3-5-9-12/h3-11,15-16,19H,1-2H3,(H,22,24)(H,26,27). The van der Waals surface area contributed by atoms with Crippen LogP contribution in [0.5, 0.6) is 0 Å². The maximum Gasteiger partial charge on any atom is 0.327 e. The Balaban J connectivity index is 1.57. The lowest BCUT2D eigenvalue weighted by Crippen LogP contribution is -2.70. The molecule has 0 aliphatic carbocycles. The molecule has 144 valence electrons. The molecule has 2 amide bonds. The minimum absolute atomic E-state index is 0.338. The number of nitrogens with zero attached hydrogens (tertiary/aromatic N) is 1. The van der Waals surface area contributed by atoms with Crippen LogP contribution in [0.4, 0.5) is 0 Å². The number of nitrogens with one attached hydrogen (secondary N) is 1. The first kappa shape index (κ1) is 18.6. The highest BCUT2D eigenvalue weighted by atomic mass is 32.2. The van der Waals surface area contributed by atoms with Crippen LogP contribution in [0.25, 0.3) is 11.1 Å². The normalized spacial score (nSPS) is 25.0. The molecule has 4 rings (SSSR count). The van der Waals surface area contributed by atoms with E-state index in [-0.39, 0.29) is 17.2 Å². The summed E-state index contributed by atoms with van der Waals surface area (Å²) in [5, 5.41) is 12.0. The average Bonchev–Trinajstić information content (AvgIpc) is 2.94. The number of rotatable bonds is 4. The maximum absolute atomic E-state index is 12.9. The van der Waals surface area contributed by atoms with Gasteiger partial charge in [-0.05, 0) is 31.0 Å². The maximum atomic E-state index is 12.9. The lowest BCUT2D eigenvalue weighted by atomic mass is 9.95. The molecule has 7 heteroatoms. The quantitative estimate of drug-likeness (QED) is 0.776. The Labute approximate surface area is 166 Å². The van der Waals surface area contributed by atoms with Gasteiger partial charge in [-0.25, -0.2) is 4.79 Å². The summed E-state index contributed by atoms with van der Waals surface area (Å²) in [6, 6.07) is 15.2. The van der Waals surface area contributed by atoms with Crippen LogP contribution in [0.1, 0.15) is 24.2 Å². The molecule has 0 radical (unpaired) electrons. The number of carboxylic acid groups (broad SMARTS) is 1. The molecule has 2 saturated heterocycles. The molecule has 0 bridgehead atoms. The highest BCUT2D eigenvalue weighted by Crippen LogP contribution is 2.50. The van der Waals surface area contributed by atoms with Crippen molar-refractivity contribution < 1.29 is 19.5 Å². The second-order valence-electron chi connectivity index (χ2n) is 7.46. The van der Waals surface area contributed by atoms with E-state index in [0.717, 1.165) is 11.1 Å². The van der Waals surface area contributed by atoms with Gasteiger partial charge >= 0.3 is 5.97 Å². The predicted octanol–water partition coefficient (Wildman–Crippen LogP) is 2.60. The monoisotopic (exact) mass is 396 g/mol. The lowest BCUT2D eigenvalue weighted by Gasteiger charge is -2.43. The molecule has 2 N–H and O–H groups in total. The second-order valence-corrected chi connectivity index (χ2v) is 9.23. The topological polar surface area (TPSA) is 86.7 Å². The van der Waals surface area contributed by atoms with Gasteiger partial charge in [0.15, 0.2) is 0 Å². The Hall–Kier alpha value is -2.80. The number of amides is 2. The Bertz CT molecular complexity index is 960. The fraction of sp³-hybridized carbons (Fsp3) is 0.286. The predicted molar refractivity (Wildman–Crippen MR) is 107 cm³/mol. The van der Waals surface area contributed by atoms with E-state index in [1.165, 1.54) is 16.7 Å². The largest absolute Gasteiger partial charge is 0.480 e. The van der Waals surface area contributed by atoms with Crippen molar-refractivity contribution in [3.8, 4) is 11.1 Å². The van der Waals surface area contributed by atoms with Crippen LogP contribution in [-0.2, 0) is 9.59 Å². The highest BCUT2D eigenvalue weighted by Gasteiger charge is 2.64. The first-order chi connectivity index (χ1) is 13.3. The summed E-state index contributed by atoms with van der Waals surface area (Å²) in [6.45, 7) is 3.62. The molecule has 2 aliphatic heterocycles. The summed E-state index contributed by atoms with van der Waals surface area (Å²) < 4.78 is -0.617. The number of benzene rings is 2. The molecule has 0 saturated carbocycles. The molecule has 2 heterocycles. The van der Waals surface area contributed by atoms with Gasteiger partial charge in [0, 0.05) is 10.3 Å². The molecule has 0 aromatic heterocycles. The Morgan fingerprint density at radius 1 is 1.07 bits per heavy atom. The van der Waals surface area contributed by atoms with E-state index in [4.69, 9.17) is 0 Å².